The molecule has 0 bridgehead atoms. The van der Waals surface area contributed by atoms with Gasteiger partial charge in [0.2, 0.25) is 5.88 Å². The van der Waals surface area contributed by atoms with Gasteiger partial charge < -0.3 is 5.11 Å². The molecule has 0 aliphatic heterocycles. The van der Waals surface area contributed by atoms with Gasteiger partial charge >= 0.3 is 5.69 Å². The smallest absolute Gasteiger partial charge is 0.328 e. The molecule has 7 nitrogen and oxygen atoms in total. The zero-order valence-corrected chi connectivity index (χ0v) is 10.8. The second-order valence-corrected chi connectivity index (χ2v) is 4.02. The Balaban J connectivity index is 2.38. The fourth-order valence-electron chi connectivity index (χ4n) is 1.70. The Morgan fingerprint density at radius 3 is 2.55 bits per heavy atom. The zero-order valence-electron chi connectivity index (χ0n) is 10.8. The molecule has 0 radical (unpaired) electrons. The Kier molecular flexibility index (Phi) is 3.99. The summed E-state index contributed by atoms with van der Waals surface area (Å²) in [6.07, 6.45) is 0.405. The number of anilines is 1. The molecule has 7 heteroatoms. The van der Waals surface area contributed by atoms with E-state index in [1.54, 1.807) is 6.92 Å². The van der Waals surface area contributed by atoms with E-state index < -0.39 is 17.1 Å². The van der Waals surface area contributed by atoms with Crippen LogP contribution >= 0.6 is 0 Å². The van der Waals surface area contributed by atoms with Crippen LogP contribution in [0.2, 0.25) is 0 Å². The van der Waals surface area contributed by atoms with E-state index in [0.29, 0.717) is 12.1 Å². The number of aromatic hydroxyl groups is 1. The molecule has 0 saturated heterocycles. The fourth-order valence-corrected chi connectivity index (χ4v) is 1.70. The Morgan fingerprint density at radius 2 is 1.95 bits per heavy atom. The van der Waals surface area contributed by atoms with Crippen molar-refractivity contribution in [3.63, 3.8) is 0 Å². The lowest BCUT2D eigenvalue weighted by Gasteiger charge is -2.06. The third-order valence-electron chi connectivity index (χ3n) is 2.64. The van der Waals surface area contributed by atoms with E-state index in [9.17, 15) is 14.7 Å². The lowest BCUT2D eigenvalue weighted by Crippen LogP contribution is -2.28. The van der Waals surface area contributed by atoms with Crippen molar-refractivity contribution >= 4 is 11.4 Å². The van der Waals surface area contributed by atoms with Crippen molar-refractivity contribution in [2.45, 2.75) is 13.3 Å². The maximum Gasteiger partial charge on any atom is 0.328 e. The van der Waals surface area contributed by atoms with Crippen LogP contribution in [0.1, 0.15) is 18.9 Å². The van der Waals surface area contributed by atoms with E-state index >= 15 is 0 Å². The van der Waals surface area contributed by atoms with Gasteiger partial charge in [0.1, 0.15) is 5.56 Å². The van der Waals surface area contributed by atoms with E-state index in [0.717, 1.165) is 5.69 Å². The summed E-state index contributed by atoms with van der Waals surface area (Å²) in [6.45, 7) is 1.79. The van der Waals surface area contributed by atoms with Crippen molar-refractivity contribution in [1.82, 2.24) is 9.97 Å². The van der Waals surface area contributed by atoms with E-state index in [1.165, 1.54) is 0 Å². The average Bonchev–Trinajstić information content (AvgIpc) is 2.42. The molecule has 2 aromatic rings. The first kappa shape index (κ1) is 13.6. The second-order valence-electron chi connectivity index (χ2n) is 4.02. The largest absolute Gasteiger partial charge is 0.494 e. The molecular weight excluding hydrogens is 260 g/mol. The first-order chi connectivity index (χ1) is 9.61. The normalized spacial score (nSPS) is 11.3. The van der Waals surface area contributed by atoms with Crippen LogP contribution in [0.5, 0.6) is 5.88 Å². The van der Waals surface area contributed by atoms with Gasteiger partial charge in [-0.2, -0.15) is 5.10 Å². The van der Waals surface area contributed by atoms with Gasteiger partial charge in [-0.3, -0.25) is 20.2 Å². The van der Waals surface area contributed by atoms with Gasteiger partial charge in [-0.05, 0) is 18.6 Å². The van der Waals surface area contributed by atoms with Gasteiger partial charge in [-0.25, -0.2) is 4.79 Å². The van der Waals surface area contributed by atoms with E-state index in [1.807, 2.05) is 30.3 Å². The SMILES string of the molecule is CCC(=NNc1ccccc1)c1c(O)[nH]c(=O)[nH]c1=O. The van der Waals surface area contributed by atoms with Crippen LogP contribution in [0.3, 0.4) is 0 Å². The van der Waals surface area contributed by atoms with Gasteiger partial charge in [0.25, 0.3) is 5.56 Å². The number of hydrazone groups is 1. The van der Waals surface area contributed by atoms with E-state index in [2.05, 4.69) is 20.5 Å². The first-order valence-corrected chi connectivity index (χ1v) is 6.05. The molecule has 104 valence electrons. The van der Waals surface area contributed by atoms with Gasteiger partial charge in [-0.15, -0.1) is 0 Å². The lowest BCUT2D eigenvalue weighted by molar-refractivity contribution is 0.447. The third kappa shape index (κ3) is 2.94. The quantitative estimate of drug-likeness (QED) is 0.492. The highest BCUT2D eigenvalue weighted by Crippen LogP contribution is 2.11. The van der Waals surface area contributed by atoms with Crippen LogP contribution in [-0.4, -0.2) is 20.8 Å². The van der Waals surface area contributed by atoms with Crippen molar-refractivity contribution in [1.29, 1.82) is 0 Å². The number of aromatic amines is 2. The van der Waals surface area contributed by atoms with Crippen LogP contribution in [0.25, 0.3) is 0 Å². The number of aromatic nitrogens is 2. The Bertz CT molecular complexity index is 731. The molecule has 0 amide bonds. The summed E-state index contributed by atoms with van der Waals surface area (Å²) >= 11 is 0. The summed E-state index contributed by atoms with van der Waals surface area (Å²) in [5.41, 5.74) is 2.39. The second kappa shape index (κ2) is 5.87. The number of benzene rings is 1. The number of hydrogen-bond donors (Lipinski definition) is 4. The molecular formula is C13H14N4O3. The predicted octanol–water partition coefficient (Wildman–Crippen LogP) is 0.995. The predicted molar refractivity (Wildman–Crippen MR) is 76.2 cm³/mol. The fraction of sp³-hybridized carbons (Fsp3) is 0.154. The van der Waals surface area contributed by atoms with E-state index in [4.69, 9.17) is 0 Å². The molecule has 0 atom stereocenters. The number of nitrogens with zero attached hydrogens (tertiary/aromatic N) is 1. The van der Waals surface area contributed by atoms with Crippen LogP contribution in [0, 0.1) is 0 Å². The molecule has 4 N–H and O–H groups in total. The average molecular weight is 274 g/mol. The summed E-state index contributed by atoms with van der Waals surface area (Å²) in [5.74, 6) is -0.491. The van der Waals surface area contributed by atoms with Crippen molar-refractivity contribution in [3.05, 3.63) is 56.7 Å². The van der Waals surface area contributed by atoms with Crippen LogP contribution in [0.15, 0.2) is 45.0 Å². The topological polar surface area (TPSA) is 110 Å². The van der Waals surface area contributed by atoms with Crippen LogP contribution < -0.4 is 16.7 Å². The Hall–Kier alpha value is -2.83. The van der Waals surface area contributed by atoms with Gasteiger partial charge in [-0.1, -0.05) is 25.1 Å². The summed E-state index contributed by atoms with van der Waals surface area (Å²) < 4.78 is 0. The zero-order chi connectivity index (χ0) is 14.5. The van der Waals surface area contributed by atoms with Crippen molar-refractivity contribution < 1.29 is 5.11 Å². The van der Waals surface area contributed by atoms with Gasteiger partial charge in [0.15, 0.2) is 0 Å². The molecule has 20 heavy (non-hydrogen) atoms. The van der Waals surface area contributed by atoms with Crippen molar-refractivity contribution in [3.8, 4) is 5.88 Å². The molecule has 0 aliphatic carbocycles. The molecule has 0 saturated carbocycles. The highest BCUT2D eigenvalue weighted by Gasteiger charge is 2.14. The third-order valence-corrected chi connectivity index (χ3v) is 2.64. The van der Waals surface area contributed by atoms with Gasteiger partial charge in [0.05, 0.1) is 11.4 Å². The number of rotatable bonds is 4. The minimum Gasteiger partial charge on any atom is -0.494 e. The lowest BCUT2D eigenvalue weighted by atomic mass is 10.1. The highest BCUT2D eigenvalue weighted by molar-refractivity contribution is 6.02. The van der Waals surface area contributed by atoms with Crippen LogP contribution in [0.4, 0.5) is 5.69 Å². The number of hydrogen-bond acceptors (Lipinski definition) is 5. The summed E-state index contributed by atoms with van der Waals surface area (Å²) in [5, 5.41) is 13.8. The molecule has 1 aromatic carbocycles. The van der Waals surface area contributed by atoms with Crippen molar-refractivity contribution in [2.75, 3.05) is 5.43 Å². The number of nitrogens with one attached hydrogen (secondary N) is 3. The van der Waals surface area contributed by atoms with Crippen molar-refractivity contribution in [2.24, 2.45) is 5.10 Å². The summed E-state index contributed by atoms with van der Waals surface area (Å²) in [6, 6.07) is 9.18. The van der Waals surface area contributed by atoms with Crippen LogP contribution in [-0.2, 0) is 0 Å². The molecule has 1 heterocycles. The Morgan fingerprint density at radius 1 is 1.25 bits per heavy atom. The molecule has 0 fully saturated rings. The maximum absolute atomic E-state index is 11.7. The minimum absolute atomic E-state index is 0.0458. The molecule has 0 unspecified atom stereocenters. The highest BCUT2D eigenvalue weighted by atomic mass is 16.3. The molecule has 2 rings (SSSR count). The maximum atomic E-state index is 11.7. The molecule has 0 aliphatic rings. The first-order valence-electron chi connectivity index (χ1n) is 6.05. The Labute approximate surface area is 114 Å². The summed E-state index contributed by atoms with van der Waals surface area (Å²) in [4.78, 5) is 26.9. The van der Waals surface area contributed by atoms with Gasteiger partial charge in [0, 0.05) is 0 Å². The summed E-state index contributed by atoms with van der Waals surface area (Å²) in [7, 11) is 0. The molecule has 1 aromatic heterocycles. The van der Waals surface area contributed by atoms with E-state index in [-0.39, 0.29) is 5.56 Å². The monoisotopic (exact) mass is 274 g/mol. The molecule has 0 spiro atoms. The number of H-pyrrole nitrogens is 2. The minimum atomic E-state index is -0.761. The standard InChI is InChI=1S/C13H14N4O3/c1-2-9(17-16-8-6-4-3-5-7-8)10-11(18)14-13(20)15-12(10)19/h3-7,16H,2H2,1H3,(H3,14,15,18,19,20). The number of para-hydroxylation sites is 1.